The van der Waals surface area contributed by atoms with Gasteiger partial charge in [0.2, 0.25) is 0 Å². The molecule has 26 heavy (non-hydrogen) atoms. The van der Waals surface area contributed by atoms with Gasteiger partial charge in [-0.15, -0.1) is 11.3 Å². The molecule has 1 aliphatic carbocycles. The molecule has 3 atom stereocenters. The number of fused-ring (bicyclic) bond motifs is 1. The van der Waals surface area contributed by atoms with Gasteiger partial charge in [-0.25, -0.2) is 4.98 Å². The van der Waals surface area contributed by atoms with E-state index in [-0.39, 0.29) is 17.9 Å². The van der Waals surface area contributed by atoms with Gasteiger partial charge in [-0.05, 0) is 40.2 Å². The summed E-state index contributed by atoms with van der Waals surface area (Å²) in [7, 11) is 0. The molecule has 3 N–H and O–H groups in total. The van der Waals surface area contributed by atoms with Gasteiger partial charge in [0.15, 0.2) is 5.58 Å². The first kappa shape index (κ1) is 17.8. The lowest BCUT2D eigenvalue weighted by molar-refractivity contribution is 0.450. The van der Waals surface area contributed by atoms with Crippen LogP contribution in [0.1, 0.15) is 29.4 Å². The van der Waals surface area contributed by atoms with Crippen molar-refractivity contribution >= 4 is 55.7 Å². The normalized spacial score (nSPS) is 22.6. The van der Waals surface area contributed by atoms with Gasteiger partial charge in [0, 0.05) is 29.4 Å². The van der Waals surface area contributed by atoms with Gasteiger partial charge in [0.05, 0.1) is 22.1 Å². The minimum atomic E-state index is -0.241. The van der Waals surface area contributed by atoms with Crippen molar-refractivity contribution in [1.29, 1.82) is 5.26 Å². The molecule has 0 saturated heterocycles. The number of nitrogens with two attached hydrogens (primary N) is 1. The topological polar surface area (TPSA) is 87.9 Å². The van der Waals surface area contributed by atoms with E-state index in [1.165, 1.54) is 4.88 Å². The number of hydrogen-bond donors (Lipinski definition) is 2. The number of nitrogens with zero attached hydrogens (tertiary/aromatic N) is 2. The first-order valence-electron chi connectivity index (χ1n) is 8.28. The van der Waals surface area contributed by atoms with E-state index in [9.17, 15) is 5.26 Å². The molecule has 0 aliphatic heterocycles. The van der Waals surface area contributed by atoms with Crippen LogP contribution in [0.25, 0.3) is 11.1 Å². The molecule has 1 aliphatic rings. The maximum atomic E-state index is 9.24. The molecule has 0 amide bonds. The largest absolute Gasteiger partial charge is 0.456 e. The van der Waals surface area contributed by atoms with E-state index in [1.807, 2.05) is 11.4 Å². The number of anilines is 1. The molecule has 4 rings (SSSR count). The lowest BCUT2D eigenvalue weighted by atomic mass is 9.97. The van der Waals surface area contributed by atoms with Crippen molar-refractivity contribution in [3.63, 3.8) is 0 Å². The third-order valence-corrected chi connectivity index (χ3v) is 6.67. The first-order chi connectivity index (χ1) is 12.6. The van der Waals surface area contributed by atoms with E-state index >= 15 is 0 Å². The van der Waals surface area contributed by atoms with Crippen LogP contribution in [0.3, 0.4) is 0 Å². The predicted octanol–water partition coefficient (Wildman–Crippen LogP) is 5.26. The molecular formula is C18H16BrClN4OS. The van der Waals surface area contributed by atoms with Crippen LogP contribution in [0.5, 0.6) is 0 Å². The Morgan fingerprint density at radius 3 is 3.04 bits per heavy atom. The second-order valence-electron chi connectivity index (χ2n) is 6.38. The fraction of sp³-hybridized carbons (Fsp3) is 0.333. The fourth-order valence-electron chi connectivity index (χ4n) is 3.47. The Bertz CT molecular complexity index is 981. The molecule has 0 aromatic carbocycles. The third kappa shape index (κ3) is 3.12. The van der Waals surface area contributed by atoms with Gasteiger partial charge in [-0.2, -0.15) is 5.26 Å². The van der Waals surface area contributed by atoms with Gasteiger partial charge in [0.25, 0.3) is 0 Å². The summed E-state index contributed by atoms with van der Waals surface area (Å²) in [6.07, 6.45) is 1.60. The molecule has 3 aromatic rings. The van der Waals surface area contributed by atoms with Crippen LogP contribution >= 0.6 is 38.9 Å². The maximum Gasteiger partial charge on any atom is 0.177 e. The Balaban J connectivity index is 1.72. The Hall–Kier alpha value is -1.59. The number of halogens is 2. The average Bonchev–Trinajstić information content (AvgIpc) is 3.33. The van der Waals surface area contributed by atoms with Crippen LogP contribution in [0.15, 0.2) is 32.5 Å². The number of hydrogen-bond acceptors (Lipinski definition) is 6. The van der Waals surface area contributed by atoms with Gasteiger partial charge in [-0.1, -0.05) is 17.7 Å². The summed E-state index contributed by atoms with van der Waals surface area (Å²) in [5, 5.41) is 15.1. The van der Waals surface area contributed by atoms with Gasteiger partial charge in [-0.3, -0.25) is 0 Å². The van der Waals surface area contributed by atoms with Gasteiger partial charge >= 0.3 is 0 Å². The standard InChI is InChI=1S/C18H16BrClN4OS/c19-14-16-18(25-17(14)11-4-3-9(7-21)15(11)22)12(6-13(20)24-16)23-8-10-2-1-5-26-10/h1-2,5-6,9,11,15H,3-4,8,22H2,(H,23,24)/t9-,11-,15-/m0/s1. The number of pyridine rings is 1. The Morgan fingerprint density at radius 1 is 1.50 bits per heavy atom. The number of nitriles is 1. The third-order valence-electron chi connectivity index (χ3n) is 4.83. The Kier molecular flexibility index (Phi) is 4.93. The van der Waals surface area contributed by atoms with Crippen molar-refractivity contribution in [1.82, 2.24) is 4.98 Å². The van der Waals surface area contributed by atoms with E-state index in [1.54, 1.807) is 17.4 Å². The SMILES string of the molecule is N#C[C@@H]1CC[C@H](c2oc3c(NCc4cccs4)cc(Cl)nc3c2Br)[C@H]1N. The summed E-state index contributed by atoms with van der Waals surface area (Å²) in [6, 6.07) is 7.91. The fourth-order valence-corrected chi connectivity index (χ4v) is 4.95. The van der Waals surface area contributed by atoms with Crippen LogP contribution in [0.4, 0.5) is 5.69 Å². The quantitative estimate of drug-likeness (QED) is 0.528. The summed E-state index contributed by atoms with van der Waals surface area (Å²) in [5.41, 5.74) is 8.41. The molecule has 134 valence electrons. The van der Waals surface area contributed by atoms with E-state index in [2.05, 4.69) is 38.4 Å². The smallest absolute Gasteiger partial charge is 0.177 e. The summed E-state index contributed by atoms with van der Waals surface area (Å²) in [6.45, 7) is 0.681. The zero-order chi connectivity index (χ0) is 18.3. The van der Waals surface area contributed by atoms with Crippen LogP contribution in [0, 0.1) is 17.2 Å². The molecule has 1 saturated carbocycles. The molecule has 1 fully saturated rings. The van der Waals surface area contributed by atoms with Crippen LogP contribution in [-0.2, 0) is 6.54 Å². The van der Waals surface area contributed by atoms with E-state index in [0.29, 0.717) is 22.8 Å². The van der Waals surface area contributed by atoms with Crippen molar-refractivity contribution in [3.05, 3.63) is 43.8 Å². The maximum absolute atomic E-state index is 9.24. The highest BCUT2D eigenvalue weighted by Crippen LogP contribution is 2.45. The zero-order valence-corrected chi connectivity index (χ0v) is 16.9. The van der Waals surface area contributed by atoms with Crippen molar-refractivity contribution < 1.29 is 4.42 Å². The highest BCUT2D eigenvalue weighted by Gasteiger charge is 2.38. The summed E-state index contributed by atoms with van der Waals surface area (Å²) in [4.78, 5) is 5.63. The molecule has 0 spiro atoms. The van der Waals surface area contributed by atoms with Crippen molar-refractivity contribution in [2.45, 2.75) is 31.3 Å². The monoisotopic (exact) mass is 450 g/mol. The van der Waals surface area contributed by atoms with Crippen LogP contribution < -0.4 is 11.1 Å². The molecule has 3 heterocycles. The molecule has 8 heteroatoms. The second-order valence-corrected chi connectivity index (χ2v) is 8.59. The molecule has 5 nitrogen and oxygen atoms in total. The van der Waals surface area contributed by atoms with Crippen molar-refractivity contribution in [3.8, 4) is 6.07 Å². The van der Waals surface area contributed by atoms with Crippen LogP contribution in [0.2, 0.25) is 5.15 Å². The molecular weight excluding hydrogens is 436 g/mol. The number of aromatic nitrogens is 1. The number of rotatable bonds is 4. The Morgan fingerprint density at radius 2 is 2.35 bits per heavy atom. The molecule has 3 aromatic heterocycles. The lowest BCUT2D eigenvalue weighted by Crippen LogP contribution is -2.29. The minimum Gasteiger partial charge on any atom is -0.456 e. The number of furan rings is 1. The van der Waals surface area contributed by atoms with Crippen LogP contribution in [-0.4, -0.2) is 11.0 Å². The van der Waals surface area contributed by atoms with Gasteiger partial charge < -0.3 is 15.5 Å². The van der Waals surface area contributed by atoms with Crippen molar-refractivity contribution in [2.24, 2.45) is 11.7 Å². The summed E-state index contributed by atoms with van der Waals surface area (Å²) in [5.74, 6) is 0.597. The van der Waals surface area contributed by atoms with E-state index < -0.39 is 0 Å². The van der Waals surface area contributed by atoms with E-state index in [0.717, 1.165) is 28.8 Å². The summed E-state index contributed by atoms with van der Waals surface area (Å²) < 4.78 is 6.96. The van der Waals surface area contributed by atoms with E-state index in [4.69, 9.17) is 21.8 Å². The molecule has 0 bridgehead atoms. The average molecular weight is 452 g/mol. The molecule has 0 unspecified atom stereocenters. The predicted molar refractivity (Wildman–Crippen MR) is 107 cm³/mol. The van der Waals surface area contributed by atoms with Crippen molar-refractivity contribution in [2.75, 3.05) is 5.32 Å². The first-order valence-corrected chi connectivity index (χ1v) is 10.3. The zero-order valence-electron chi connectivity index (χ0n) is 13.7. The summed E-state index contributed by atoms with van der Waals surface area (Å²) >= 11 is 11.5. The minimum absolute atomic E-state index is 0.00727. The highest BCUT2D eigenvalue weighted by molar-refractivity contribution is 9.10. The highest BCUT2D eigenvalue weighted by atomic mass is 79.9. The second kappa shape index (κ2) is 7.20. The van der Waals surface area contributed by atoms with Gasteiger partial charge in [0.1, 0.15) is 16.4 Å². The lowest BCUT2D eigenvalue weighted by Gasteiger charge is -2.14. The molecule has 0 radical (unpaired) electrons. The number of thiophene rings is 1. The Labute approximate surface area is 168 Å². The number of nitrogens with one attached hydrogen (secondary N) is 1.